The van der Waals surface area contributed by atoms with Crippen LogP contribution in [0.5, 0.6) is 0 Å². The molecule has 0 radical (unpaired) electrons. The van der Waals surface area contributed by atoms with Crippen molar-refractivity contribution in [2.75, 3.05) is 13.1 Å². The Kier molecular flexibility index (Phi) is 7.36. The van der Waals surface area contributed by atoms with E-state index in [1.54, 1.807) is 6.20 Å². The fourth-order valence-corrected chi connectivity index (χ4v) is 2.59. The predicted octanol–water partition coefficient (Wildman–Crippen LogP) is 1.79. The molecule has 2 rings (SSSR count). The van der Waals surface area contributed by atoms with E-state index in [2.05, 4.69) is 15.3 Å². The van der Waals surface area contributed by atoms with E-state index < -0.39 is 0 Å². The Morgan fingerprint density at radius 3 is 2.96 bits per heavy atom. The highest BCUT2D eigenvalue weighted by Gasteiger charge is 2.18. The van der Waals surface area contributed by atoms with Crippen molar-refractivity contribution in [3.8, 4) is 0 Å². The van der Waals surface area contributed by atoms with Crippen molar-refractivity contribution < 1.29 is 9.53 Å². The van der Waals surface area contributed by atoms with Gasteiger partial charge in [-0.2, -0.15) is 0 Å². The van der Waals surface area contributed by atoms with Crippen LogP contribution >= 0.6 is 0 Å². The molecule has 6 heteroatoms. The number of carbonyl (C=O) groups excluding carboxylic acids is 1. The number of ether oxygens (including phenoxy) is 1. The van der Waals surface area contributed by atoms with Gasteiger partial charge >= 0.3 is 5.97 Å². The van der Waals surface area contributed by atoms with Gasteiger partial charge in [0.1, 0.15) is 6.10 Å². The third kappa shape index (κ3) is 7.13. The van der Waals surface area contributed by atoms with Crippen molar-refractivity contribution in [1.29, 1.82) is 0 Å². The second kappa shape index (κ2) is 9.82. The largest absolute Gasteiger partial charge is 0.462 e. The zero-order chi connectivity index (χ0) is 16.3. The summed E-state index contributed by atoms with van der Waals surface area (Å²) in [4.78, 5) is 20.1. The van der Waals surface area contributed by atoms with Gasteiger partial charge < -0.3 is 15.8 Å². The fourth-order valence-electron chi connectivity index (χ4n) is 2.59. The van der Waals surface area contributed by atoms with Crippen molar-refractivity contribution >= 4 is 11.9 Å². The summed E-state index contributed by atoms with van der Waals surface area (Å²) < 4.78 is 5.39. The number of hydrogen-bond acceptors (Lipinski definition) is 4. The van der Waals surface area contributed by atoms with Gasteiger partial charge in [0, 0.05) is 37.8 Å². The Hall–Kier alpha value is -2.11. The van der Waals surface area contributed by atoms with E-state index in [4.69, 9.17) is 10.5 Å². The second-order valence-corrected chi connectivity index (χ2v) is 5.76. The molecule has 0 unspecified atom stereocenters. The molecule has 1 aliphatic rings. The van der Waals surface area contributed by atoms with Crippen LogP contribution in [0.3, 0.4) is 0 Å². The maximum Gasteiger partial charge on any atom is 0.306 e. The van der Waals surface area contributed by atoms with Crippen molar-refractivity contribution in [3.05, 3.63) is 30.1 Å². The number of rotatable bonds is 8. The van der Waals surface area contributed by atoms with E-state index in [-0.39, 0.29) is 12.1 Å². The van der Waals surface area contributed by atoms with Gasteiger partial charge in [-0.05, 0) is 44.2 Å². The third-order valence-corrected chi connectivity index (χ3v) is 3.83. The monoisotopic (exact) mass is 318 g/mol. The van der Waals surface area contributed by atoms with Crippen LogP contribution in [-0.4, -0.2) is 36.1 Å². The smallest absolute Gasteiger partial charge is 0.306 e. The van der Waals surface area contributed by atoms with Crippen LogP contribution < -0.4 is 11.1 Å². The number of aliphatic imine (C=N–C) groups is 1. The Morgan fingerprint density at radius 2 is 2.22 bits per heavy atom. The molecule has 0 atom stereocenters. The summed E-state index contributed by atoms with van der Waals surface area (Å²) >= 11 is 0. The Labute approximate surface area is 137 Å². The van der Waals surface area contributed by atoms with Gasteiger partial charge in [0.05, 0.1) is 0 Å². The Morgan fingerprint density at radius 1 is 1.39 bits per heavy atom. The van der Waals surface area contributed by atoms with Gasteiger partial charge in [-0.1, -0.05) is 6.07 Å². The number of hydrogen-bond donors (Lipinski definition) is 2. The quantitative estimate of drug-likeness (QED) is 0.330. The van der Waals surface area contributed by atoms with Crippen molar-refractivity contribution in [3.63, 3.8) is 0 Å². The molecule has 0 aromatic carbocycles. The molecule has 6 nitrogen and oxygen atoms in total. The first kappa shape index (κ1) is 17.2. The SMILES string of the molecule is NC(=NCCCC(=O)OC1CCCC1)NCCc1ccccn1. The zero-order valence-corrected chi connectivity index (χ0v) is 13.5. The molecule has 0 aliphatic heterocycles. The minimum Gasteiger partial charge on any atom is -0.462 e. The van der Waals surface area contributed by atoms with E-state index in [0.717, 1.165) is 25.0 Å². The number of nitrogens with zero attached hydrogens (tertiary/aromatic N) is 2. The number of guanidine groups is 1. The summed E-state index contributed by atoms with van der Waals surface area (Å²) in [6.07, 6.45) is 8.14. The van der Waals surface area contributed by atoms with Crippen LogP contribution in [0, 0.1) is 0 Å². The average molecular weight is 318 g/mol. The van der Waals surface area contributed by atoms with Gasteiger partial charge in [0.2, 0.25) is 0 Å². The second-order valence-electron chi connectivity index (χ2n) is 5.76. The highest BCUT2D eigenvalue weighted by atomic mass is 16.5. The van der Waals surface area contributed by atoms with Crippen LogP contribution in [0.25, 0.3) is 0 Å². The van der Waals surface area contributed by atoms with E-state index in [1.807, 2.05) is 18.2 Å². The average Bonchev–Trinajstić information content (AvgIpc) is 3.05. The molecule has 0 bridgehead atoms. The minimum absolute atomic E-state index is 0.117. The predicted molar refractivity (Wildman–Crippen MR) is 90.0 cm³/mol. The van der Waals surface area contributed by atoms with Gasteiger partial charge in [-0.3, -0.25) is 14.8 Å². The van der Waals surface area contributed by atoms with Crippen molar-refractivity contribution in [2.45, 2.75) is 51.0 Å². The minimum atomic E-state index is -0.117. The van der Waals surface area contributed by atoms with E-state index in [1.165, 1.54) is 12.8 Å². The molecule has 1 aromatic heterocycles. The lowest BCUT2D eigenvalue weighted by atomic mass is 10.3. The summed E-state index contributed by atoms with van der Waals surface area (Å²) in [7, 11) is 0. The fraction of sp³-hybridized carbons (Fsp3) is 0.588. The maximum absolute atomic E-state index is 11.6. The number of pyridine rings is 1. The summed E-state index contributed by atoms with van der Waals surface area (Å²) in [5, 5.41) is 3.05. The highest BCUT2D eigenvalue weighted by molar-refractivity contribution is 5.77. The van der Waals surface area contributed by atoms with Crippen LogP contribution in [0.15, 0.2) is 29.4 Å². The van der Waals surface area contributed by atoms with Crippen LogP contribution in [0.1, 0.15) is 44.2 Å². The standard InChI is InChI=1S/C17H26N4O2/c18-17(21-13-10-14-6-3-4-11-19-14)20-12-5-9-16(22)23-15-7-1-2-8-15/h3-4,6,11,15H,1-2,5,7-10,12-13H2,(H3,18,20,21). The lowest BCUT2D eigenvalue weighted by Gasteiger charge is -2.10. The highest BCUT2D eigenvalue weighted by Crippen LogP contribution is 2.21. The first-order valence-corrected chi connectivity index (χ1v) is 8.37. The molecular formula is C17H26N4O2. The number of esters is 1. The van der Waals surface area contributed by atoms with Crippen LogP contribution in [-0.2, 0) is 16.0 Å². The lowest BCUT2D eigenvalue weighted by Crippen LogP contribution is -2.33. The molecule has 0 spiro atoms. The van der Waals surface area contributed by atoms with E-state index in [9.17, 15) is 4.79 Å². The Balaban J connectivity index is 1.53. The third-order valence-electron chi connectivity index (χ3n) is 3.83. The first-order chi connectivity index (χ1) is 11.2. The molecule has 1 fully saturated rings. The number of nitrogens with one attached hydrogen (secondary N) is 1. The number of aromatic nitrogens is 1. The molecule has 3 N–H and O–H groups in total. The molecule has 126 valence electrons. The van der Waals surface area contributed by atoms with Crippen LogP contribution in [0.4, 0.5) is 0 Å². The summed E-state index contributed by atoms with van der Waals surface area (Å²) in [5.41, 5.74) is 6.81. The molecule has 0 amide bonds. The summed E-state index contributed by atoms with van der Waals surface area (Å²) in [5.74, 6) is 0.291. The van der Waals surface area contributed by atoms with Gasteiger partial charge in [-0.25, -0.2) is 0 Å². The molecule has 1 aliphatic carbocycles. The molecule has 1 heterocycles. The lowest BCUT2D eigenvalue weighted by molar-refractivity contribution is -0.148. The number of carbonyl (C=O) groups is 1. The molecule has 1 aromatic rings. The molecule has 0 saturated heterocycles. The van der Waals surface area contributed by atoms with E-state index in [0.29, 0.717) is 31.9 Å². The van der Waals surface area contributed by atoms with Gasteiger partial charge in [0.25, 0.3) is 0 Å². The first-order valence-electron chi connectivity index (χ1n) is 8.37. The summed E-state index contributed by atoms with van der Waals surface area (Å²) in [6.45, 7) is 1.22. The van der Waals surface area contributed by atoms with Gasteiger partial charge in [0.15, 0.2) is 5.96 Å². The van der Waals surface area contributed by atoms with E-state index >= 15 is 0 Å². The molecular weight excluding hydrogens is 292 g/mol. The van der Waals surface area contributed by atoms with Crippen LogP contribution in [0.2, 0.25) is 0 Å². The van der Waals surface area contributed by atoms with Gasteiger partial charge in [-0.15, -0.1) is 0 Å². The number of nitrogens with two attached hydrogens (primary N) is 1. The zero-order valence-electron chi connectivity index (χ0n) is 13.5. The normalized spacial score (nSPS) is 15.6. The topological polar surface area (TPSA) is 89.6 Å². The van der Waals surface area contributed by atoms with Crippen molar-refractivity contribution in [1.82, 2.24) is 10.3 Å². The molecule has 1 saturated carbocycles. The molecule has 23 heavy (non-hydrogen) atoms. The Bertz CT molecular complexity index is 499. The van der Waals surface area contributed by atoms with Crippen molar-refractivity contribution in [2.24, 2.45) is 10.7 Å². The summed E-state index contributed by atoms with van der Waals surface area (Å²) in [6, 6.07) is 5.83. The maximum atomic E-state index is 11.6.